The van der Waals surface area contributed by atoms with E-state index in [0.29, 0.717) is 19.4 Å². The van der Waals surface area contributed by atoms with E-state index in [1.807, 2.05) is 39.3 Å². The van der Waals surface area contributed by atoms with E-state index >= 15 is 0 Å². The lowest BCUT2D eigenvalue weighted by Crippen LogP contribution is -2.41. The summed E-state index contributed by atoms with van der Waals surface area (Å²) in [6.07, 6.45) is 2.87. The van der Waals surface area contributed by atoms with Crippen LogP contribution in [0.5, 0.6) is 0 Å². The zero-order valence-corrected chi connectivity index (χ0v) is 15.2. The second-order valence-electron chi connectivity index (χ2n) is 8.26. The molecule has 0 radical (unpaired) electrons. The number of hydrogen-bond donors (Lipinski definition) is 0. The highest BCUT2D eigenvalue weighted by atomic mass is 19.3. The van der Waals surface area contributed by atoms with Gasteiger partial charge in [0.05, 0.1) is 11.2 Å². The second-order valence-corrected chi connectivity index (χ2v) is 8.26. The lowest BCUT2D eigenvalue weighted by atomic mass is 9.79. The minimum atomic E-state index is -2.48. The van der Waals surface area contributed by atoms with E-state index in [1.165, 1.54) is 0 Å². The molecule has 0 bridgehead atoms. The van der Waals surface area contributed by atoms with Crippen molar-refractivity contribution < 1.29 is 18.1 Å². The standard InChI is InChI=1S/C17H27BF2N2O2/c1-12-14(18-23-15(2,3)16(4,5)24-18)10-21-22(12)11-13-6-8-17(19,20)9-7-13/h10,13H,6-9,11H2,1-5H3. The van der Waals surface area contributed by atoms with Crippen LogP contribution in [0.1, 0.15) is 59.1 Å². The van der Waals surface area contributed by atoms with Crippen LogP contribution in [-0.4, -0.2) is 34.0 Å². The molecule has 1 aliphatic heterocycles. The molecule has 2 aliphatic rings. The fourth-order valence-electron chi connectivity index (χ4n) is 3.37. The van der Waals surface area contributed by atoms with Crippen LogP contribution in [0.4, 0.5) is 8.78 Å². The number of rotatable bonds is 3. The van der Waals surface area contributed by atoms with Crippen LogP contribution in [0.15, 0.2) is 6.20 Å². The normalized spacial score (nSPS) is 26.0. The topological polar surface area (TPSA) is 36.3 Å². The summed E-state index contributed by atoms with van der Waals surface area (Å²) in [7, 11) is -0.431. The van der Waals surface area contributed by atoms with E-state index in [4.69, 9.17) is 9.31 Å². The van der Waals surface area contributed by atoms with Gasteiger partial charge in [-0.3, -0.25) is 4.68 Å². The summed E-state index contributed by atoms with van der Waals surface area (Å²) in [6.45, 7) is 10.8. The van der Waals surface area contributed by atoms with Crippen molar-refractivity contribution in [2.24, 2.45) is 5.92 Å². The smallest absolute Gasteiger partial charge is 0.399 e. The molecule has 1 aromatic heterocycles. The minimum Gasteiger partial charge on any atom is -0.399 e. The van der Waals surface area contributed by atoms with Crippen molar-refractivity contribution in [1.82, 2.24) is 9.78 Å². The van der Waals surface area contributed by atoms with Crippen LogP contribution >= 0.6 is 0 Å². The van der Waals surface area contributed by atoms with Crippen LogP contribution in [0.3, 0.4) is 0 Å². The van der Waals surface area contributed by atoms with E-state index in [0.717, 1.165) is 11.2 Å². The molecular formula is C17H27BF2N2O2. The van der Waals surface area contributed by atoms with Crippen molar-refractivity contribution in [3.63, 3.8) is 0 Å². The summed E-state index contributed by atoms with van der Waals surface area (Å²) in [4.78, 5) is 0. The highest BCUT2D eigenvalue weighted by Crippen LogP contribution is 2.38. The summed E-state index contributed by atoms with van der Waals surface area (Å²) in [5.74, 6) is -2.22. The van der Waals surface area contributed by atoms with Gasteiger partial charge in [-0.25, -0.2) is 8.78 Å². The molecule has 1 aliphatic carbocycles. The Balaban J connectivity index is 1.69. The fourth-order valence-corrected chi connectivity index (χ4v) is 3.37. The molecule has 1 aromatic rings. The first kappa shape index (κ1) is 17.9. The Morgan fingerprint density at radius 2 is 1.71 bits per heavy atom. The number of hydrogen-bond acceptors (Lipinski definition) is 3. The van der Waals surface area contributed by atoms with Gasteiger partial charge < -0.3 is 9.31 Å². The minimum absolute atomic E-state index is 0.0118. The molecule has 1 saturated heterocycles. The molecular weight excluding hydrogens is 313 g/mol. The third-order valence-electron chi connectivity index (χ3n) is 5.92. The van der Waals surface area contributed by atoms with Gasteiger partial charge in [-0.1, -0.05) is 0 Å². The molecule has 24 heavy (non-hydrogen) atoms. The second kappa shape index (κ2) is 5.80. The Kier molecular flexibility index (Phi) is 4.32. The summed E-state index contributed by atoms with van der Waals surface area (Å²) in [6, 6.07) is 0. The quantitative estimate of drug-likeness (QED) is 0.792. The van der Waals surface area contributed by atoms with Gasteiger partial charge in [-0.2, -0.15) is 5.10 Å². The number of aromatic nitrogens is 2. The van der Waals surface area contributed by atoms with E-state index < -0.39 is 13.0 Å². The monoisotopic (exact) mass is 340 g/mol. The van der Waals surface area contributed by atoms with Crippen molar-refractivity contribution in [3.05, 3.63) is 11.9 Å². The number of nitrogens with zero attached hydrogens (tertiary/aromatic N) is 2. The van der Waals surface area contributed by atoms with E-state index in [-0.39, 0.29) is 30.0 Å². The first-order chi connectivity index (χ1) is 11.0. The summed E-state index contributed by atoms with van der Waals surface area (Å²) in [5, 5.41) is 4.46. The molecule has 2 fully saturated rings. The van der Waals surface area contributed by atoms with Crippen molar-refractivity contribution in [3.8, 4) is 0 Å². The number of halogens is 2. The van der Waals surface area contributed by atoms with Crippen LogP contribution in [0.25, 0.3) is 0 Å². The van der Waals surface area contributed by atoms with Gasteiger partial charge in [0, 0.05) is 36.7 Å². The zero-order valence-electron chi connectivity index (χ0n) is 15.2. The summed E-state index contributed by atoms with van der Waals surface area (Å²) < 4.78 is 40.7. The molecule has 134 valence electrons. The molecule has 2 heterocycles. The fraction of sp³-hybridized carbons (Fsp3) is 0.824. The largest absolute Gasteiger partial charge is 0.498 e. The van der Waals surface area contributed by atoms with Gasteiger partial charge in [0.2, 0.25) is 5.92 Å². The number of alkyl halides is 2. The third-order valence-corrected chi connectivity index (χ3v) is 5.92. The Morgan fingerprint density at radius 3 is 2.25 bits per heavy atom. The average molecular weight is 340 g/mol. The maximum Gasteiger partial charge on any atom is 0.498 e. The van der Waals surface area contributed by atoms with E-state index in [1.54, 1.807) is 6.20 Å². The molecule has 1 saturated carbocycles. The van der Waals surface area contributed by atoms with Crippen LogP contribution < -0.4 is 5.46 Å². The lowest BCUT2D eigenvalue weighted by molar-refractivity contribution is -0.0476. The molecule has 4 nitrogen and oxygen atoms in total. The highest BCUT2D eigenvalue weighted by Gasteiger charge is 2.52. The zero-order chi connectivity index (χ0) is 17.8. The predicted octanol–water partition coefficient (Wildman–Crippen LogP) is 3.32. The van der Waals surface area contributed by atoms with Gasteiger partial charge in [0.1, 0.15) is 0 Å². The van der Waals surface area contributed by atoms with Crippen LogP contribution in [0.2, 0.25) is 0 Å². The molecule has 3 rings (SSSR count). The van der Waals surface area contributed by atoms with E-state index in [9.17, 15) is 8.78 Å². The van der Waals surface area contributed by atoms with Gasteiger partial charge in [-0.15, -0.1) is 0 Å². The molecule has 7 heteroatoms. The Labute approximate surface area is 143 Å². The SMILES string of the molecule is Cc1c(B2OC(C)(C)C(C)(C)O2)cnn1CC1CCC(F)(F)CC1. The highest BCUT2D eigenvalue weighted by molar-refractivity contribution is 6.62. The molecule has 0 unspecified atom stereocenters. The summed E-state index contributed by atoms with van der Waals surface area (Å²) >= 11 is 0. The lowest BCUT2D eigenvalue weighted by Gasteiger charge is -2.32. The molecule has 0 atom stereocenters. The van der Waals surface area contributed by atoms with Gasteiger partial charge >= 0.3 is 7.12 Å². The van der Waals surface area contributed by atoms with Gasteiger partial charge in [0.25, 0.3) is 0 Å². The predicted molar refractivity (Wildman–Crippen MR) is 89.6 cm³/mol. The molecule has 0 aromatic carbocycles. The van der Waals surface area contributed by atoms with Crippen molar-refractivity contribution in [2.75, 3.05) is 0 Å². The van der Waals surface area contributed by atoms with Gasteiger partial charge in [-0.05, 0) is 53.4 Å². The maximum absolute atomic E-state index is 13.3. The molecule has 0 amide bonds. The van der Waals surface area contributed by atoms with Gasteiger partial charge in [0.15, 0.2) is 0 Å². The molecule has 0 N–H and O–H groups in total. The first-order valence-corrected chi connectivity index (χ1v) is 8.76. The molecule has 0 spiro atoms. The van der Waals surface area contributed by atoms with Crippen molar-refractivity contribution in [1.29, 1.82) is 0 Å². The Morgan fingerprint density at radius 1 is 1.17 bits per heavy atom. The van der Waals surface area contributed by atoms with Crippen LogP contribution in [0, 0.1) is 12.8 Å². The van der Waals surface area contributed by atoms with E-state index in [2.05, 4.69) is 5.10 Å². The van der Waals surface area contributed by atoms with Crippen molar-refractivity contribution >= 4 is 12.6 Å². The summed E-state index contributed by atoms with van der Waals surface area (Å²) in [5.41, 5.74) is 1.14. The average Bonchev–Trinajstić information content (AvgIpc) is 2.90. The third kappa shape index (κ3) is 3.25. The first-order valence-electron chi connectivity index (χ1n) is 8.76. The Hall–Kier alpha value is -0.945. The maximum atomic E-state index is 13.3. The van der Waals surface area contributed by atoms with Crippen LogP contribution in [-0.2, 0) is 15.9 Å². The van der Waals surface area contributed by atoms with Crippen molar-refractivity contribution in [2.45, 2.75) is 84.0 Å². The Bertz CT molecular complexity index is 590.